The Morgan fingerprint density at radius 1 is 1.11 bits per heavy atom. The van der Waals surface area contributed by atoms with E-state index in [9.17, 15) is 9.59 Å². The van der Waals surface area contributed by atoms with E-state index in [0.717, 1.165) is 30.6 Å². The van der Waals surface area contributed by atoms with Gasteiger partial charge < -0.3 is 14.8 Å². The van der Waals surface area contributed by atoms with E-state index < -0.39 is 12.0 Å². The second kappa shape index (κ2) is 7.17. The van der Waals surface area contributed by atoms with E-state index >= 15 is 0 Å². The Kier molecular flexibility index (Phi) is 4.87. The highest BCUT2D eigenvalue weighted by molar-refractivity contribution is 5.88. The average Bonchev–Trinajstić information content (AvgIpc) is 2.66. The lowest BCUT2D eigenvalue weighted by Crippen LogP contribution is -2.56. The predicted molar refractivity (Wildman–Crippen MR) is 101 cm³/mol. The van der Waals surface area contributed by atoms with E-state index in [0.29, 0.717) is 24.2 Å². The quantitative estimate of drug-likeness (QED) is 0.781. The molecule has 0 aliphatic heterocycles. The van der Waals surface area contributed by atoms with Crippen molar-refractivity contribution < 1.29 is 19.1 Å². The minimum absolute atomic E-state index is 0.0555. The Balaban J connectivity index is 1.50. The monoisotopic (exact) mass is 371 g/mol. The number of hydrogen-bond acceptors (Lipinski definition) is 4. The fraction of sp³-hybridized carbons (Fsp3) is 0.636. The molecule has 1 aromatic carbocycles. The molecule has 1 N–H and O–H groups in total. The minimum Gasteiger partial charge on any atom is -0.497 e. The summed E-state index contributed by atoms with van der Waals surface area (Å²) in [5.74, 6) is 2.48. The van der Waals surface area contributed by atoms with Gasteiger partial charge >= 0.3 is 5.97 Å². The summed E-state index contributed by atoms with van der Waals surface area (Å²) < 4.78 is 10.2. The first-order valence-electron chi connectivity index (χ1n) is 10.0. The molecule has 4 bridgehead atoms. The molecule has 0 spiro atoms. The summed E-state index contributed by atoms with van der Waals surface area (Å²) >= 11 is 0. The van der Waals surface area contributed by atoms with Crippen molar-refractivity contribution in [2.75, 3.05) is 14.2 Å². The van der Waals surface area contributed by atoms with Crippen molar-refractivity contribution >= 4 is 11.9 Å². The topological polar surface area (TPSA) is 64.6 Å². The number of methoxy groups -OCH3 is 2. The number of esters is 1. The van der Waals surface area contributed by atoms with Crippen molar-refractivity contribution in [3.05, 3.63) is 29.8 Å². The predicted octanol–water partition coefficient (Wildman–Crippen LogP) is 3.11. The SMILES string of the molecule is COC(=O)[C@H](Cc1cccc(OC)c1)NC(=O)C12CC3CC(CC(C3)C1)C2. The summed E-state index contributed by atoms with van der Waals surface area (Å²) in [4.78, 5) is 25.7. The first kappa shape index (κ1) is 18.3. The maximum atomic E-state index is 13.3. The van der Waals surface area contributed by atoms with Gasteiger partial charge in [0.2, 0.25) is 5.91 Å². The standard InChI is InChI=1S/C22H29NO4/c1-26-18-5-3-4-14(9-18)10-19(20(24)27-2)23-21(25)22-11-15-6-16(12-22)8-17(7-15)13-22/h3-5,9,15-17,19H,6-8,10-13H2,1-2H3,(H,23,25)/t15?,16?,17?,19-,22?/m0/s1. The van der Waals surface area contributed by atoms with Crippen LogP contribution < -0.4 is 10.1 Å². The third kappa shape index (κ3) is 3.56. The van der Waals surface area contributed by atoms with Crippen LogP contribution in [0.3, 0.4) is 0 Å². The molecule has 1 atom stereocenters. The fourth-order valence-electron chi connectivity index (χ4n) is 6.07. The van der Waals surface area contributed by atoms with Gasteiger partial charge in [0.25, 0.3) is 0 Å². The van der Waals surface area contributed by atoms with Crippen molar-refractivity contribution in [2.45, 2.75) is 51.0 Å². The van der Waals surface area contributed by atoms with Crippen LogP contribution in [0.5, 0.6) is 5.75 Å². The Morgan fingerprint density at radius 2 is 1.74 bits per heavy atom. The number of hydrogen-bond donors (Lipinski definition) is 1. The van der Waals surface area contributed by atoms with Crippen molar-refractivity contribution in [3.63, 3.8) is 0 Å². The molecule has 0 aromatic heterocycles. The Hall–Kier alpha value is -2.04. The van der Waals surface area contributed by atoms with Crippen molar-refractivity contribution in [2.24, 2.45) is 23.2 Å². The van der Waals surface area contributed by atoms with Gasteiger partial charge in [-0.15, -0.1) is 0 Å². The van der Waals surface area contributed by atoms with Gasteiger partial charge in [0.1, 0.15) is 11.8 Å². The molecule has 1 amide bonds. The highest BCUT2D eigenvalue weighted by Gasteiger charge is 2.55. The summed E-state index contributed by atoms with van der Waals surface area (Å²) in [5.41, 5.74) is 0.672. The van der Waals surface area contributed by atoms with Crippen molar-refractivity contribution in [1.29, 1.82) is 0 Å². The molecule has 4 saturated carbocycles. The summed E-state index contributed by atoms with van der Waals surface area (Å²) in [6, 6.07) is 6.93. The zero-order valence-corrected chi connectivity index (χ0v) is 16.2. The molecule has 0 saturated heterocycles. The number of rotatable bonds is 6. The Labute approximate surface area is 160 Å². The van der Waals surface area contributed by atoms with Crippen molar-refractivity contribution in [3.8, 4) is 5.75 Å². The lowest BCUT2D eigenvalue weighted by Gasteiger charge is -2.55. The zero-order valence-electron chi connectivity index (χ0n) is 16.2. The molecule has 4 aliphatic rings. The van der Waals surface area contributed by atoms with Crippen LogP contribution in [0.4, 0.5) is 0 Å². The molecule has 4 fully saturated rings. The van der Waals surface area contributed by atoms with Gasteiger partial charge in [0.15, 0.2) is 0 Å². The Morgan fingerprint density at radius 3 is 2.30 bits per heavy atom. The minimum atomic E-state index is -0.664. The van der Waals surface area contributed by atoms with Gasteiger partial charge in [-0.2, -0.15) is 0 Å². The van der Waals surface area contributed by atoms with Crippen LogP contribution in [0.2, 0.25) is 0 Å². The number of carbonyl (C=O) groups is 2. The number of nitrogens with one attached hydrogen (secondary N) is 1. The van der Waals surface area contributed by atoms with Crippen LogP contribution in [-0.2, 0) is 20.7 Å². The van der Waals surface area contributed by atoms with E-state index in [4.69, 9.17) is 9.47 Å². The second-order valence-corrected chi connectivity index (χ2v) is 8.80. The van der Waals surface area contributed by atoms with Gasteiger partial charge in [-0.25, -0.2) is 4.79 Å². The molecular formula is C22H29NO4. The summed E-state index contributed by atoms with van der Waals surface area (Å²) in [5, 5.41) is 3.06. The number of amides is 1. The van der Waals surface area contributed by atoms with Gasteiger partial charge in [-0.1, -0.05) is 12.1 Å². The van der Waals surface area contributed by atoms with Gasteiger partial charge in [0, 0.05) is 11.8 Å². The second-order valence-electron chi connectivity index (χ2n) is 8.80. The highest BCUT2D eigenvalue weighted by atomic mass is 16.5. The number of carbonyl (C=O) groups excluding carboxylic acids is 2. The summed E-state index contributed by atoms with van der Waals surface area (Å²) in [6.45, 7) is 0. The molecule has 0 unspecified atom stereocenters. The maximum absolute atomic E-state index is 13.3. The lowest BCUT2D eigenvalue weighted by atomic mass is 9.49. The number of ether oxygens (including phenoxy) is 2. The average molecular weight is 371 g/mol. The summed E-state index contributed by atoms with van der Waals surface area (Å²) in [6.07, 6.45) is 7.22. The molecule has 5 nitrogen and oxygen atoms in total. The maximum Gasteiger partial charge on any atom is 0.328 e. The van der Waals surface area contributed by atoms with Crippen LogP contribution >= 0.6 is 0 Å². The normalized spacial score (nSPS) is 32.0. The van der Waals surface area contributed by atoms with Crippen LogP contribution in [-0.4, -0.2) is 32.1 Å². The first-order valence-corrected chi connectivity index (χ1v) is 10.0. The van der Waals surface area contributed by atoms with Crippen LogP contribution in [0.1, 0.15) is 44.1 Å². The Bertz CT molecular complexity index is 693. The molecule has 5 heteroatoms. The van der Waals surface area contributed by atoms with E-state index in [1.807, 2.05) is 24.3 Å². The van der Waals surface area contributed by atoms with Gasteiger partial charge in [-0.05, 0) is 74.0 Å². The molecule has 0 radical (unpaired) electrons. The molecule has 4 aliphatic carbocycles. The van der Waals surface area contributed by atoms with Crippen LogP contribution in [0.25, 0.3) is 0 Å². The van der Waals surface area contributed by atoms with E-state index in [-0.39, 0.29) is 11.3 Å². The van der Waals surface area contributed by atoms with Gasteiger partial charge in [0.05, 0.1) is 14.2 Å². The third-order valence-electron chi connectivity index (χ3n) is 6.88. The number of benzene rings is 1. The lowest BCUT2D eigenvalue weighted by molar-refractivity contribution is -0.152. The van der Waals surface area contributed by atoms with E-state index in [1.54, 1.807) is 7.11 Å². The third-order valence-corrected chi connectivity index (χ3v) is 6.88. The van der Waals surface area contributed by atoms with Crippen LogP contribution in [0, 0.1) is 23.2 Å². The highest BCUT2D eigenvalue weighted by Crippen LogP contribution is 2.60. The van der Waals surface area contributed by atoms with E-state index in [1.165, 1.54) is 26.4 Å². The molecule has 1 aromatic rings. The van der Waals surface area contributed by atoms with Crippen molar-refractivity contribution in [1.82, 2.24) is 5.32 Å². The molecule has 27 heavy (non-hydrogen) atoms. The molecule has 5 rings (SSSR count). The van der Waals surface area contributed by atoms with Crippen LogP contribution in [0.15, 0.2) is 24.3 Å². The van der Waals surface area contributed by atoms with Gasteiger partial charge in [-0.3, -0.25) is 4.79 Å². The summed E-state index contributed by atoms with van der Waals surface area (Å²) in [7, 11) is 2.99. The molecular weight excluding hydrogens is 342 g/mol. The fourth-order valence-corrected chi connectivity index (χ4v) is 6.07. The van der Waals surface area contributed by atoms with E-state index in [2.05, 4.69) is 5.32 Å². The molecule has 0 heterocycles. The smallest absolute Gasteiger partial charge is 0.328 e. The molecule has 146 valence electrons. The first-order chi connectivity index (χ1) is 13.0. The largest absolute Gasteiger partial charge is 0.497 e. The zero-order chi connectivity index (χ0) is 19.0.